The molecule has 2 amide bonds. The molecule has 0 aromatic carbocycles. The number of nitrogens with zero attached hydrogens (tertiary/aromatic N) is 1. The number of hydrogen-bond acceptors (Lipinski definition) is 4. The molecule has 1 unspecified atom stereocenters. The van der Waals surface area contributed by atoms with E-state index in [1.165, 1.54) is 0 Å². The number of imide groups is 1. The molecule has 0 aromatic rings. The van der Waals surface area contributed by atoms with Gasteiger partial charge in [0.25, 0.3) is 0 Å². The summed E-state index contributed by atoms with van der Waals surface area (Å²) in [5.41, 5.74) is 0. The van der Waals surface area contributed by atoms with Crippen LogP contribution in [0.5, 0.6) is 0 Å². The highest BCUT2D eigenvalue weighted by molar-refractivity contribution is 6.07. The van der Waals surface area contributed by atoms with Gasteiger partial charge in [0.2, 0.25) is 6.04 Å². The first-order chi connectivity index (χ1) is 6.48. The lowest BCUT2D eigenvalue weighted by Crippen LogP contribution is -2.70. The van der Waals surface area contributed by atoms with Crippen LogP contribution in [0.15, 0.2) is 0 Å². The molecule has 2 aliphatic rings. The molecule has 0 aromatic heterocycles. The monoisotopic (exact) mass is 200 g/mol. The van der Waals surface area contributed by atoms with Crippen molar-refractivity contribution in [1.82, 2.24) is 0 Å². The second kappa shape index (κ2) is 2.61. The Kier molecular flexibility index (Phi) is 1.73. The molecule has 2 rings (SSSR count). The Morgan fingerprint density at radius 2 is 1.93 bits per heavy atom. The predicted molar refractivity (Wildman–Crippen MR) is 41.8 cm³/mol. The number of amides is 2. The van der Waals surface area contributed by atoms with Crippen LogP contribution in [-0.2, 0) is 14.4 Å². The van der Waals surface area contributed by atoms with Crippen LogP contribution in [0.1, 0.15) is 12.8 Å². The van der Waals surface area contributed by atoms with E-state index >= 15 is 0 Å². The fourth-order valence-corrected chi connectivity index (χ4v) is 2.27. The second-order valence-electron chi connectivity index (χ2n) is 3.76. The summed E-state index contributed by atoms with van der Waals surface area (Å²) < 4.78 is -0.670. The minimum absolute atomic E-state index is 0.0210. The highest BCUT2D eigenvalue weighted by Gasteiger charge is 2.67. The minimum Gasteiger partial charge on any atom is -0.477 e. The quantitative estimate of drug-likeness (QED) is 0.304. The maximum absolute atomic E-state index is 11.3. The smallest absolute Gasteiger partial charge is 0.363 e. The van der Waals surface area contributed by atoms with Crippen LogP contribution < -0.4 is 0 Å². The molecule has 0 saturated carbocycles. The van der Waals surface area contributed by atoms with Gasteiger partial charge in [0.15, 0.2) is 6.42 Å². The van der Waals surface area contributed by atoms with E-state index in [0.29, 0.717) is 0 Å². The lowest BCUT2D eigenvalue weighted by atomic mass is 10.0. The fraction of sp³-hybridized carbons (Fsp3) is 0.625. The number of rotatable bonds is 1. The summed E-state index contributed by atoms with van der Waals surface area (Å²) >= 11 is 0. The van der Waals surface area contributed by atoms with Gasteiger partial charge >= 0.3 is 17.8 Å². The third-order valence-corrected chi connectivity index (χ3v) is 3.00. The average Bonchev–Trinajstić information content (AvgIpc) is 2.46. The van der Waals surface area contributed by atoms with Crippen molar-refractivity contribution in [2.45, 2.75) is 25.0 Å². The molecule has 76 valence electrons. The van der Waals surface area contributed by atoms with Crippen molar-refractivity contribution in [3.63, 3.8) is 0 Å². The normalized spacial score (nSPS) is 34.6. The Morgan fingerprint density at radius 1 is 1.36 bits per heavy atom. The summed E-state index contributed by atoms with van der Waals surface area (Å²) in [6.07, 6.45) is -1.09. The van der Waals surface area contributed by atoms with Crippen molar-refractivity contribution in [3.05, 3.63) is 0 Å². The maximum Gasteiger partial charge on any atom is 0.363 e. The van der Waals surface area contributed by atoms with E-state index in [4.69, 9.17) is 5.11 Å². The number of aliphatic hydroxyl groups is 1. The maximum atomic E-state index is 11.3. The van der Waals surface area contributed by atoms with E-state index in [9.17, 15) is 19.5 Å². The largest absolute Gasteiger partial charge is 0.477 e. The third-order valence-electron chi connectivity index (χ3n) is 3.00. The van der Waals surface area contributed by atoms with Crippen molar-refractivity contribution in [3.8, 4) is 0 Å². The van der Waals surface area contributed by atoms with Gasteiger partial charge in [0.1, 0.15) is 12.6 Å². The molecule has 2 saturated heterocycles. The first-order valence-electron chi connectivity index (χ1n) is 4.34. The zero-order chi connectivity index (χ0) is 10.5. The SMILES string of the molecule is O=C(O)[C@@H]1CC(O)C[N+]12C(=O)CC2=O. The molecular weight excluding hydrogens is 190 g/mol. The van der Waals surface area contributed by atoms with Crippen LogP contribution in [0.3, 0.4) is 0 Å². The highest BCUT2D eigenvalue weighted by Crippen LogP contribution is 2.36. The molecule has 2 atom stereocenters. The molecule has 6 heteroatoms. The van der Waals surface area contributed by atoms with Gasteiger partial charge in [-0.05, 0) is 0 Å². The topological polar surface area (TPSA) is 91.7 Å². The fourth-order valence-electron chi connectivity index (χ4n) is 2.27. The Labute approximate surface area is 79.3 Å². The Bertz CT molecular complexity index is 323. The molecule has 2 N–H and O–H groups in total. The highest BCUT2D eigenvalue weighted by atomic mass is 16.4. The molecule has 14 heavy (non-hydrogen) atoms. The van der Waals surface area contributed by atoms with Crippen molar-refractivity contribution in [2.75, 3.05) is 6.54 Å². The first kappa shape index (κ1) is 9.29. The van der Waals surface area contributed by atoms with Crippen LogP contribution in [0.25, 0.3) is 0 Å². The van der Waals surface area contributed by atoms with E-state index in [1.54, 1.807) is 0 Å². The van der Waals surface area contributed by atoms with Crippen LogP contribution in [0.2, 0.25) is 0 Å². The predicted octanol–water partition coefficient (Wildman–Crippen LogP) is -1.52. The second-order valence-corrected chi connectivity index (χ2v) is 3.76. The number of aliphatic hydroxyl groups excluding tert-OH is 1. The molecule has 2 fully saturated rings. The lowest BCUT2D eigenvalue weighted by molar-refractivity contribution is -0.802. The van der Waals surface area contributed by atoms with E-state index in [-0.39, 0.29) is 31.2 Å². The molecule has 0 bridgehead atoms. The van der Waals surface area contributed by atoms with Crippen LogP contribution in [-0.4, -0.2) is 51.2 Å². The zero-order valence-corrected chi connectivity index (χ0v) is 7.34. The summed E-state index contributed by atoms with van der Waals surface area (Å²) in [7, 11) is 0. The molecule has 0 aliphatic carbocycles. The number of hydrogen-bond donors (Lipinski definition) is 2. The van der Waals surface area contributed by atoms with Gasteiger partial charge < -0.3 is 10.2 Å². The summed E-state index contributed by atoms with van der Waals surface area (Å²) in [5, 5.41) is 18.1. The van der Waals surface area contributed by atoms with E-state index in [2.05, 4.69) is 0 Å². The van der Waals surface area contributed by atoms with Crippen molar-refractivity contribution >= 4 is 17.8 Å². The number of carboxylic acid groups (broad SMARTS) is 1. The molecule has 1 spiro atoms. The van der Waals surface area contributed by atoms with Gasteiger partial charge in [-0.25, -0.2) is 14.4 Å². The minimum atomic E-state index is -1.19. The number of aliphatic carboxylic acids is 1. The Balaban J connectivity index is 2.37. The number of carbonyl (C=O) groups excluding carboxylic acids is 2. The van der Waals surface area contributed by atoms with Gasteiger partial charge in [0, 0.05) is 6.42 Å². The van der Waals surface area contributed by atoms with Crippen molar-refractivity contribution < 1.29 is 29.1 Å². The number of carboxylic acids is 1. The summed E-state index contributed by atoms with van der Waals surface area (Å²) in [6, 6.07) is -1.08. The van der Waals surface area contributed by atoms with Crippen LogP contribution >= 0.6 is 0 Å². The zero-order valence-electron chi connectivity index (χ0n) is 7.34. The van der Waals surface area contributed by atoms with Crippen molar-refractivity contribution in [2.24, 2.45) is 0 Å². The molecule has 0 radical (unpaired) electrons. The van der Waals surface area contributed by atoms with Gasteiger partial charge in [-0.2, -0.15) is 4.48 Å². The molecule has 2 aliphatic heterocycles. The van der Waals surface area contributed by atoms with Gasteiger partial charge in [-0.15, -0.1) is 0 Å². The van der Waals surface area contributed by atoms with E-state index < -0.39 is 22.6 Å². The van der Waals surface area contributed by atoms with Crippen LogP contribution in [0, 0.1) is 0 Å². The number of β-lactam (4-membered cyclic amide) rings is 2. The number of carbonyl (C=O) groups is 3. The summed E-state index contributed by atoms with van der Waals surface area (Å²) in [4.78, 5) is 33.4. The van der Waals surface area contributed by atoms with Crippen LogP contribution in [0.4, 0.5) is 0 Å². The number of quaternary nitrogens is 1. The Hall–Kier alpha value is -1.27. The standard InChI is InChI=1S/C8H9NO5/c10-4-1-5(8(13)14)9(3-4)6(11)2-7(9)12/h4-5,10H,1-3H2/p+1/t4?,5-/m0/s1. The van der Waals surface area contributed by atoms with E-state index in [1.807, 2.05) is 0 Å². The molecular formula is C8H10NO5+. The van der Waals surface area contributed by atoms with Crippen molar-refractivity contribution in [1.29, 1.82) is 0 Å². The summed E-state index contributed by atoms with van der Waals surface area (Å²) in [6.45, 7) is -0.0748. The lowest BCUT2D eigenvalue weighted by Gasteiger charge is -2.38. The van der Waals surface area contributed by atoms with E-state index in [0.717, 1.165) is 0 Å². The summed E-state index contributed by atoms with van der Waals surface area (Å²) in [5.74, 6) is -1.97. The van der Waals surface area contributed by atoms with Gasteiger partial charge in [-0.1, -0.05) is 0 Å². The average molecular weight is 200 g/mol. The third kappa shape index (κ3) is 0.893. The Morgan fingerprint density at radius 3 is 2.29 bits per heavy atom. The van der Waals surface area contributed by atoms with Gasteiger partial charge in [-0.3, -0.25) is 0 Å². The first-order valence-corrected chi connectivity index (χ1v) is 4.34. The molecule has 6 nitrogen and oxygen atoms in total. The molecule has 2 heterocycles. The van der Waals surface area contributed by atoms with Gasteiger partial charge in [0.05, 0.1) is 0 Å².